The molecule has 0 bridgehead atoms. The number of thioether (sulfide) groups is 1. The molecule has 1 heterocycles. The van der Waals surface area contributed by atoms with Crippen molar-refractivity contribution in [2.75, 3.05) is 6.61 Å². The number of hydrogen-bond donors (Lipinski definition) is 0. The number of nitrogens with zero attached hydrogens (tertiary/aromatic N) is 1. The minimum atomic E-state index is -4.25. The van der Waals surface area contributed by atoms with Gasteiger partial charge in [0.2, 0.25) is 5.75 Å². The molecule has 1 aliphatic heterocycles. The molecule has 4 rings (SSSR count). The molecule has 2 amide bonds. The lowest BCUT2D eigenvalue weighted by atomic mass is 10.1. The zero-order valence-electron chi connectivity index (χ0n) is 19.4. The lowest BCUT2D eigenvalue weighted by molar-refractivity contribution is -0.123. The van der Waals surface area contributed by atoms with Crippen LogP contribution in [0.1, 0.15) is 18.1 Å². The van der Waals surface area contributed by atoms with Gasteiger partial charge in [-0.25, -0.2) is 0 Å². The topological polar surface area (TPSA) is 90.0 Å². The van der Waals surface area contributed by atoms with Crippen LogP contribution in [-0.2, 0) is 21.5 Å². The molecule has 13 heteroatoms. The van der Waals surface area contributed by atoms with Gasteiger partial charge in [0.15, 0.2) is 5.75 Å². The Labute approximate surface area is 243 Å². The largest absolute Gasteiger partial charge is 0.490 e. The van der Waals surface area contributed by atoms with Crippen molar-refractivity contribution in [3.05, 3.63) is 90.7 Å². The van der Waals surface area contributed by atoms with Gasteiger partial charge in [-0.1, -0.05) is 52.5 Å². The molecule has 0 unspecified atom stereocenters. The van der Waals surface area contributed by atoms with E-state index in [2.05, 4.69) is 0 Å². The van der Waals surface area contributed by atoms with Gasteiger partial charge < -0.3 is 8.92 Å². The first kappa shape index (κ1) is 28.6. The van der Waals surface area contributed by atoms with Crippen molar-refractivity contribution in [2.45, 2.75) is 18.4 Å². The quantitative estimate of drug-likeness (QED) is 0.186. The van der Waals surface area contributed by atoms with E-state index >= 15 is 0 Å². The summed E-state index contributed by atoms with van der Waals surface area (Å²) in [5, 5.41) is 0.500. The highest BCUT2D eigenvalue weighted by Gasteiger charge is 2.35. The predicted molar refractivity (Wildman–Crippen MR) is 150 cm³/mol. The number of rotatable bonds is 8. The van der Waals surface area contributed by atoms with Crippen molar-refractivity contribution < 1.29 is 26.9 Å². The minimum absolute atomic E-state index is 0.0131. The fourth-order valence-corrected chi connectivity index (χ4v) is 5.93. The van der Waals surface area contributed by atoms with E-state index in [-0.39, 0.29) is 39.5 Å². The van der Waals surface area contributed by atoms with Crippen LogP contribution in [-0.4, -0.2) is 31.1 Å². The maximum atomic E-state index is 13.0. The Hall–Kier alpha value is -2.40. The van der Waals surface area contributed by atoms with Gasteiger partial charge in [0.25, 0.3) is 11.1 Å². The number of hydrogen-bond acceptors (Lipinski definition) is 7. The molecule has 38 heavy (non-hydrogen) atoms. The second-order valence-electron chi connectivity index (χ2n) is 7.77. The van der Waals surface area contributed by atoms with E-state index in [1.165, 1.54) is 42.5 Å². The summed E-state index contributed by atoms with van der Waals surface area (Å²) >= 11 is 25.0. The van der Waals surface area contributed by atoms with Crippen molar-refractivity contribution in [2.24, 2.45) is 0 Å². The third-order valence-corrected chi connectivity index (χ3v) is 8.54. The third-order valence-electron chi connectivity index (χ3n) is 5.12. The molecule has 0 aromatic heterocycles. The maximum absolute atomic E-state index is 13.0. The Kier molecular flexibility index (Phi) is 8.86. The summed E-state index contributed by atoms with van der Waals surface area (Å²) in [6.45, 7) is 1.89. The summed E-state index contributed by atoms with van der Waals surface area (Å²) in [5.41, 5.74) is 1.03. The van der Waals surface area contributed by atoms with Crippen LogP contribution in [0.4, 0.5) is 4.79 Å². The lowest BCUT2D eigenvalue weighted by Gasteiger charge is -2.14. The number of benzene rings is 3. The summed E-state index contributed by atoms with van der Waals surface area (Å²) in [4.78, 5) is 26.7. The van der Waals surface area contributed by atoms with Crippen LogP contribution in [0.15, 0.2) is 64.4 Å². The van der Waals surface area contributed by atoms with Gasteiger partial charge in [-0.15, -0.1) is 0 Å². The summed E-state index contributed by atoms with van der Waals surface area (Å²) in [5.74, 6) is -0.682. The first-order chi connectivity index (χ1) is 18.0. The molecule has 0 aliphatic carbocycles. The molecule has 3 aromatic rings. The zero-order chi connectivity index (χ0) is 27.6. The molecule has 0 atom stereocenters. The highest BCUT2D eigenvalue weighted by Crippen LogP contribution is 2.41. The van der Waals surface area contributed by atoms with Crippen LogP contribution >= 0.6 is 58.2 Å². The Bertz CT molecular complexity index is 1560. The standard InChI is InChI=1S/C25H17Cl4NO6S2/c1-2-35-21-11-15(10-20(29)23(21)36-38(33,34)17-6-4-16(26)5-7-17)12-22-24(31)30(25(32)37-22)13-14-3-8-18(27)19(28)9-14/h3-12H,2,13H2,1H3/b22-12-. The number of carbonyl (C=O) groups excluding carboxylic acids is 2. The van der Waals surface area contributed by atoms with E-state index in [1.807, 2.05) is 0 Å². The first-order valence-corrected chi connectivity index (χ1v) is 14.6. The van der Waals surface area contributed by atoms with Crippen molar-refractivity contribution in [3.8, 4) is 11.5 Å². The summed E-state index contributed by atoms with van der Waals surface area (Å²) in [6.07, 6.45) is 1.46. The second kappa shape index (κ2) is 11.8. The van der Waals surface area contributed by atoms with E-state index in [9.17, 15) is 18.0 Å². The molecule has 0 spiro atoms. The highest BCUT2D eigenvalue weighted by molar-refractivity contribution is 8.18. The third kappa shape index (κ3) is 6.42. The fraction of sp³-hybridized carbons (Fsp3) is 0.120. The Morgan fingerprint density at radius 2 is 1.63 bits per heavy atom. The van der Waals surface area contributed by atoms with Gasteiger partial charge in [0, 0.05) is 5.02 Å². The van der Waals surface area contributed by atoms with Crippen molar-refractivity contribution in [3.63, 3.8) is 0 Å². The van der Waals surface area contributed by atoms with Crippen LogP contribution in [0, 0.1) is 0 Å². The van der Waals surface area contributed by atoms with Crippen LogP contribution < -0.4 is 8.92 Å². The lowest BCUT2D eigenvalue weighted by Crippen LogP contribution is -2.27. The van der Waals surface area contributed by atoms with Crippen LogP contribution in [0.3, 0.4) is 0 Å². The van der Waals surface area contributed by atoms with Gasteiger partial charge in [0.1, 0.15) is 4.90 Å². The van der Waals surface area contributed by atoms with Gasteiger partial charge in [0.05, 0.1) is 33.1 Å². The Morgan fingerprint density at radius 1 is 0.921 bits per heavy atom. The number of halogens is 4. The van der Waals surface area contributed by atoms with E-state index in [1.54, 1.807) is 25.1 Å². The molecule has 1 fully saturated rings. The monoisotopic (exact) mass is 631 g/mol. The van der Waals surface area contributed by atoms with Gasteiger partial charge in [-0.05, 0) is 84.4 Å². The Balaban J connectivity index is 1.61. The van der Waals surface area contributed by atoms with Gasteiger partial charge in [-0.2, -0.15) is 8.42 Å². The SMILES string of the molecule is CCOc1cc(/C=C2\SC(=O)N(Cc3ccc(Cl)c(Cl)c3)C2=O)cc(Cl)c1OS(=O)(=O)c1ccc(Cl)cc1. The summed E-state index contributed by atoms with van der Waals surface area (Å²) in [6, 6.07) is 13.2. The number of ether oxygens (including phenoxy) is 1. The van der Waals surface area contributed by atoms with Crippen molar-refractivity contribution in [1.29, 1.82) is 0 Å². The second-order valence-corrected chi connectivity index (χ2v) is 12.0. The molecule has 3 aromatic carbocycles. The molecule has 7 nitrogen and oxygen atoms in total. The summed E-state index contributed by atoms with van der Waals surface area (Å²) < 4.78 is 36.5. The molecule has 1 saturated heterocycles. The van der Waals surface area contributed by atoms with Gasteiger partial charge in [-0.3, -0.25) is 14.5 Å². The molecule has 0 N–H and O–H groups in total. The van der Waals surface area contributed by atoms with Crippen LogP contribution in [0.2, 0.25) is 20.1 Å². The van der Waals surface area contributed by atoms with Crippen molar-refractivity contribution >= 4 is 85.5 Å². The first-order valence-electron chi connectivity index (χ1n) is 10.8. The number of amides is 2. The fourth-order valence-electron chi connectivity index (χ4n) is 3.38. The van der Waals surface area contributed by atoms with Crippen LogP contribution in [0.25, 0.3) is 6.08 Å². The van der Waals surface area contributed by atoms with E-state index in [0.29, 0.717) is 26.2 Å². The molecule has 198 valence electrons. The number of carbonyl (C=O) groups is 2. The Morgan fingerprint density at radius 3 is 2.29 bits per heavy atom. The van der Waals surface area contributed by atoms with Gasteiger partial charge >= 0.3 is 10.1 Å². The molecule has 1 aliphatic rings. The van der Waals surface area contributed by atoms with E-state index in [0.717, 1.165) is 16.7 Å². The minimum Gasteiger partial charge on any atom is -0.490 e. The van der Waals surface area contributed by atoms with E-state index in [4.69, 9.17) is 55.3 Å². The average Bonchev–Trinajstić information content (AvgIpc) is 3.11. The van der Waals surface area contributed by atoms with E-state index < -0.39 is 21.3 Å². The molecular formula is C25H17Cl4NO6S2. The molecule has 0 saturated carbocycles. The van der Waals surface area contributed by atoms with Crippen molar-refractivity contribution in [1.82, 2.24) is 4.90 Å². The molecule has 0 radical (unpaired) electrons. The average molecular weight is 633 g/mol. The van der Waals surface area contributed by atoms with Crippen LogP contribution in [0.5, 0.6) is 11.5 Å². The number of imide groups is 1. The highest BCUT2D eigenvalue weighted by atomic mass is 35.5. The zero-order valence-corrected chi connectivity index (χ0v) is 24.1. The summed E-state index contributed by atoms with van der Waals surface area (Å²) in [7, 11) is -4.25. The normalized spacial score (nSPS) is 14.9. The predicted octanol–water partition coefficient (Wildman–Crippen LogP) is 7.70. The smallest absolute Gasteiger partial charge is 0.339 e. The molecular weight excluding hydrogens is 616 g/mol. The maximum Gasteiger partial charge on any atom is 0.339 e.